The van der Waals surface area contributed by atoms with Crippen molar-refractivity contribution in [3.05, 3.63) is 30.1 Å². The molecule has 1 aliphatic heterocycles. The number of nitrogens with one attached hydrogen (secondary N) is 1. The van der Waals surface area contributed by atoms with Crippen molar-refractivity contribution in [1.82, 2.24) is 10.3 Å². The first-order chi connectivity index (χ1) is 6.42. The summed E-state index contributed by atoms with van der Waals surface area (Å²) in [6.45, 7) is 2.36. The zero-order valence-corrected chi connectivity index (χ0v) is 7.66. The maximum Gasteiger partial charge on any atom is 0.0306 e. The number of pyridine rings is 1. The SMILES string of the molecule is c1cncc(C23CNCCC2C3)c1. The zero-order chi connectivity index (χ0) is 8.73. The van der Waals surface area contributed by atoms with Gasteiger partial charge in [0.15, 0.2) is 0 Å². The molecule has 1 aromatic rings. The van der Waals surface area contributed by atoms with Crippen LogP contribution >= 0.6 is 0 Å². The zero-order valence-electron chi connectivity index (χ0n) is 7.66. The minimum Gasteiger partial charge on any atom is -0.316 e. The Hall–Kier alpha value is -0.890. The minimum atomic E-state index is 0.465. The van der Waals surface area contributed by atoms with Crippen molar-refractivity contribution in [3.8, 4) is 0 Å². The molecular weight excluding hydrogens is 160 g/mol. The molecule has 2 atom stereocenters. The van der Waals surface area contributed by atoms with E-state index in [9.17, 15) is 0 Å². The number of rotatable bonds is 1. The van der Waals surface area contributed by atoms with Crippen molar-refractivity contribution in [1.29, 1.82) is 0 Å². The Morgan fingerprint density at radius 1 is 1.54 bits per heavy atom. The van der Waals surface area contributed by atoms with Crippen molar-refractivity contribution < 1.29 is 0 Å². The number of hydrogen-bond donors (Lipinski definition) is 1. The van der Waals surface area contributed by atoms with Crippen LogP contribution in [0.3, 0.4) is 0 Å². The van der Waals surface area contributed by atoms with Crippen LogP contribution in [-0.2, 0) is 5.41 Å². The van der Waals surface area contributed by atoms with Gasteiger partial charge in [0.1, 0.15) is 0 Å². The lowest BCUT2D eigenvalue weighted by Gasteiger charge is -2.22. The lowest BCUT2D eigenvalue weighted by Crippen LogP contribution is -2.34. The van der Waals surface area contributed by atoms with Gasteiger partial charge in [0.25, 0.3) is 0 Å². The lowest BCUT2D eigenvalue weighted by molar-refractivity contribution is 0.446. The summed E-state index contributed by atoms with van der Waals surface area (Å²) in [7, 11) is 0. The summed E-state index contributed by atoms with van der Waals surface area (Å²) in [6.07, 6.45) is 6.60. The van der Waals surface area contributed by atoms with E-state index in [4.69, 9.17) is 0 Å². The average molecular weight is 174 g/mol. The third kappa shape index (κ3) is 1.02. The second-order valence-electron chi connectivity index (χ2n) is 4.26. The van der Waals surface area contributed by atoms with E-state index in [0.29, 0.717) is 5.41 Å². The molecule has 2 aliphatic rings. The third-order valence-electron chi connectivity index (χ3n) is 3.58. The maximum absolute atomic E-state index is 4.20. The molecule has 1 saturated carbocycles. The highest BCUT2D eigenvalue weighted by atomic mass is 14.9. The van der Waals surface area contributed by atoms with Crippen LogP contribution < -0.4 is 5.32 Å². The minimum absolute atomic E-state index is 0.465. The molecule has 2 heterocycles. The summed E-state index contributed by atoms with van der Waals surface area (Å²) in [5.41, 5.74) is 1.90. The molecule has 13 heavy (non-hydrogen) atoms. The lowest BCUT2D eigenvalue weighted by atomic mass is 9.91. The molecule has 1 saturated heterocycles. The Kier molecular flexibility index (Phi) is 1.47. The van der Waals surface area contributed by atoms with E-state index in [2.05, 4.69) is 16.4 Å². The predicted molar refractivity (Wildman–Crippen MR) is 51.5 cm³/mol. The van der Waals surface area contributed by atoms with E-state index >= 15 is 0 Å². The van der Waals surface area contributed by atoms with Crippen LogP contribution in [0.15, 0.2) is 24.5 Å². The standard InChI is InChI=1S/C11H14N2/c1-2-10(7-12-4-1)11-6-9(11)3-5-13-8-11/h1-2,4,7,9,13H,3,5-6,8H2. The number of nitrogens with zero attached hydrogens (tertiary/aromatic N) is 1. The number of hydrogen-bond acceptors (Lipinski definition) is 2. The predicted octanol–water partition coefficient (Wildman–Crippen LogP) is 1.33. The molecular formula is C11H14N2. The number of fused-ring (bicyclic) bond motifs is 1. The van der Waals surface area contributed by atoms with Crippen molar-refractivity contribution in [2.75, 3.05) is 13.1 Å². The molecule has 2 unspecified atom stereocenters. The van der Waals surface area contributed by atoms with Gasteiger partial charge in [0.05, 0.1) is 0 Å². The molecule has 0 amide bonds. The quantitative estimate of drug-likeness (QED) is 0.695. The first-order valence-electron chi connectivity index (χ1n) is 5.03. The molecule has 2 heteroatoms. The summed E-state index contributed by atoms with van der Waals surface area (Å²) in [4.78, 5) is 4.20. The first-order valence-corrected chi connectivity index (χ1v) is 5.03. The second-order valence-corrected chi connectivity index (χ2v) is 4.26. The topological polar surface area (TPSA) is 24.9 Å². The Morgan fingerprint density at radius 2 is 2.54 bits per heavy atom. The highest BCUT2D eigenvalue weighted by Crippen LogP contribution is 2.56. The van der Waals surface area contributed by atoms with Crippen LogP contribution in [0.2, 0.25) is 0 Å². The molecule has 0 bridgehead atoms. The van der Waals surface area contributed by atoms with Crippen molar-refractivity contribution in [3.63, 3.8) is 0 Å². The molecule has 0 spiro atoms. The summed E-state index contributed by atoms with van der Waals surface area (Å²) >= 11 is 0. The monoisotopic (exact) mass is 174 g/mol. The first kappa shape index (κ1) is 7.51. The fraction of sp³-hybridized carbons (Fsp3) is 0.545. The highest BCUT2D eigenvalue weighted by molar-refractivity contribution is 5.33. The van der Waals surface area contributed by atoms with E-state index in [1.807, 2.05) is 18.5 Å². The van der Waals surface area contributed by atoms with E-state index in [-0.39, 0.29) is 0 Å². The Morgan fingerprint density at radius 3 is 3.31 bits per heavy atom. The van der Waals surface area contributed by atoms with Gasteiger partial charge >= 0.3 is 0 Å². The summed E-state index contributed by atoms with van der Waals surface area (Å²) < 4.78 is 0. The van der Waals surface area contributed by atoms with E-state index in [1.54, 1.807) is 0 Å². The normalized spacial score (nSPS) is 36.8. The smallest absolute Gasteiger partial charge is 0.0306 e. The van der Waals surface area contributed by atoms with Crippen LogP contribution in [0, 0.1) is 5.92 Å². The van der Waals surface area contributed by atoms with Gasteiger partial charge in [-0.05, 0) is 36.9 Å². The van der Waals surface area contributed by atoms with Crippen molar-refractivity contribution >= 4 is 0 Å². The molecule has 1 N–H and O–H groups in total. The van der Waals surface area contributed by atoms with Gasteiger partial charge in [-0.3, -0.25) is 4.98 Å². The van der Waals surface area contributed by atoms with E-state index in [0.717, 1.165) is 12.5 Å². The van der Waals surface area contributed by atoms with Crippen LogP contribution in [0.4, 0.5) is 0 Å². The van der Waals surface area contributed by atoms with Crippen molar-refractivity contribution in [2.24, 2.45) is 5.92 Å². The van der Waals surface area contributed by atoms with E-state index in [1.165, 1.54) is 24.9 Å². The van der Waals surface area contributed by atoms with Gasteiger partial charge in [-0.15, -0.1) is 0 Å². The molecule has 68 valence electrons. The average Bonchev–Trinajstić information content (AvgIpc) is 2.94. The van der Waals surface area contributed by atoms with Crippen LogP contribution in [0.25, 0.3) is 0 Å². The fourth-order valence-corrected chi connectivity index (χ4v) is 2.68. The Balaban J connectivity index is 1.94. The molecule has 1 aromatic heterocycles. The summed E-state index contributed by atoms with van der Waals surface area (Å²) in [5, 5.41) is 3.49. The highest BCUT2D eigenvalue weighted by Gasteiger charge is 2.55. The summed E-state index contributed by atoms with van der Waals surface area (Å²) in [6, 6.07) is 4.27. The molecule has 2 fully saturated rings. The molecule has 2 nitrogen and oxygen atoms in total. The van der Waals surface area contributed by atoms with Gasteiger partial charge in [-0.2, -0.15) is 0 Å². The third-order valence-corrected chi connectivity index (χ3v) is 3.58. The van der Waals surface area contributed by atoms with Gasteiger partial charge < -0.3 is 5.32 Å². The number of aromatic nitrogens is 1. The van der Waals surface area contributed by atoms with Gasteiger partial charge in [-0.25, -0.2) is 0 Å². The molecule has 3 rings (SSSR count). The number of piperidine rings is 1. The summed E-state index contributed by atoms with van der Waals surface area (Å²) in [5.74, 6) is 0.929. The fourth-order valence-electron chi connectivity index (χ4n) is 2.68. The molecule has 1 aliphatic carbocycles. The van der Waals surface area contributed by atoms with Gasteiger partial charge in [-0.1, -0.05) is 6.07 Å². The Bertz CT molecular complexity index is 309. The van der Waals surface area contributed by atoms with Crippen LogP contribution in [0.5, 0.6) is 0 Å². The Labute approximate surface area is 78.4 Å². The van der Waals surface area contributed by atoms with Gasteiger partial charge in [0, 0.05) is 24.4 Å². The van der Waals surface area contributed by atoms with Gasteiger partial charge in [0.2, 0.25) is 0 Å². The second kappa shape index (κ2) is 2.55. The van der Waals surface area contributed by atoms with Crippen LogP contribution in [0.1, 0.15) is 18.4 Å². The largest absolute Gasteiger partial charge is 0.316 e. The van der Waals surface area contributed by atoms with E-state index < -0.39 is 0 Å². The van der Waals surface area contributed by atoms with Crippen molar-refractivity contribution in [2.45, 2.75) is 18.3 Å². The maximum atomic E-state index is 4.20. The van der Waals surface area contributed by atoms with Crippen LogP contribution in [-0.4, -0.2) is 18.1 Å². The molecule has 0 radical (unpaired) electrons. The molecule has 0 aromatic carbocycles.